The molecule has 0 aromatic carbocycles. The molecule has 0 aliphatic heterocycles. The van der Waals surface area contributed by atoms with Crippen molar-refractivity contribution in [3.05, 3.63) is 28.6 Å². The van der Waals surface area contributed by atoms with Crippen LogP contribution >= 0.6 is 0 Å². The van der Waals surface area contributed by atoms with Gasteiger partial charge >= 0.3 is 11.9 Å². The minimum atomic E-state index is -1.33. The Hall–Kier alpha value is -2.42. The molecule has 1 aliphatic rings. The van der Waals surface area contributed by atoms with Crippen LogP contribution in [0.15, 0.2) is 6.07 Å². The van der Waals surface area contributed by atoms with Gasteiger partial charge in [-0.3, -0.25) is 14.6 Å². The summed E-state index contributed by atoms with van der Waals surface area (Å²) in [7, 11) is 2.53. The van der Waals surface area contributed by atoms with Gasteiger partial charge in [0.1, 0.15) is 0 Å². The van der Waals surface area contributed by atoms with E-state index in [4.69, 9.17) is 14.7 Å². The van der Waals surface area contributed by atoms with Crippen LogP contribution in [0, 0.1) is 23.7 Å². The molecule has 0 radical (unpaired) electrons. The quantitative estimate of drug-likeness (QED) is 0.615. The van der Waals surface area contributed by atoms with Gasteiger partial charge in [0.25, 0.3) is 0 Å². The molecular weight excluding hydrogens is 284 g/mol. The molecule has 0 spiro atoms. The van der Waals surface area contributed by atoms with Gasteiger partial charge < -0.3 is 9.47 Å². The molecule has 1 aromatic rings. The van der Waals surface area contributed by atoms with Crippen molar-refractivity contribution in [3.8, 4) is 6.07 Å². The summed E-state index contributed by atoms with van der Waals surface area (Å²) in [6, 6.07) is 3.95. The fourth-order valence-corrected chi connectivity index (χ4v) is 3.00. The van der Waals surface area contributed by atoms with E-state index in [-0.39, 0.29) is 12.8 Å². The number of aryl methyl sites for hydroxylation is 2. The van der Waals surface area contributed by atoms with E-state index in [2.05, 4.69) is 11.1 Å². The first-order valence-corrected chi connectivity index (χ1v) is 7.00. The molecule has 6 nitrogen and oxygen atoms in total. The average Bonchev–Trinajstić information content (AvgIpc) is 2.92. The fourth-order valence-electron chi connectivity index (χ4n) is 3.00. The van der Waals surface area contributed by atoms with Gasteiger partial charge in [-0.1, -0.05) is 0 Å². The summed E-state index contributed by atoms with van der Waals surface area (Å²) in [4.78, 5) is 28.8. The SMILES string of the molecule is COC(=O)C1(C(=O)OC)Cc2cc(CCC#N)nc(C)c2C1. The van der Waals surface area contributed by atoms with Crippen LogP contribution in [0.5, 0.6) is 0 Å². The zero-order chi connectivity index (χ0) is 16.3. The molecular formula is C16H18N2O4. The first kappa shape index (κ1) is 16.0. The second-order valence-electron chi connectivity index (χ2n) is 5.41. The zero-order valence-electron chi connectivity index (χ0n) is 12.9. The molecule has 0 N–H and O–H groups in total. The van der Waals surface area contributed by atoms with E-state index in [1.807, 2.05) is 13.0 Å². The van der Waals surface area contributed by atoms with Crippen LogP contribution in [0.1, 0.15) is 28.9 Å². The van der Waals surface area contributed by atoms with Crippen molar-refractivity contribution in [2.24, 2.45) is 5.41 Å². The number of fused-ring (bicyclic) bond motifs is 1. The molecule has 0 unspecified atom stereocenters. The number of rotatable bonds is 4. The van der Waals surface area contributed by atoms with Gasteiger partial charge in [-0.05, 0) is 30.5 Å². The monoisotopic (exact) mass is 302 g/mol. The Morgan fingerprint density at radius 2 is 1.95 bits per heavy atom. The summed E-state index contributed by atoms with van der Waals surface area (Å²) in [5.74, 6) is -1.18. The Morgan fingerprint density at radius 3 is 2.50 bits per heavy atom. The van der Waals surface area contributed by atoms with E-state index in [0.29, 0.717) is 12.8 Å². The Bertz CT molecular complexity index is 645. The number of pyridine rings is 1. The van der Waals surface area contributed by atoms with Crippen molar-refractivity contribution in [1.29, 1.82) is 5.26 Å². The molecule has 6 heteroatoms. The van der Waals surface area contributed by atoms with Gasteiger partial charge in [0.2, 0.25) is 0 Å². The highest BCUT2D eigenvalue weighted by molar-refractivity contribution is 6.01. The van der Waals surface area contributed by atoms with E-state index >= 15 is 0 Å². The van der Waals surface area contributed by atoms with Gasteiger partial charge in [0.05, 0.1) is 20.3 Å². The Morgan fingerprint density at radius 1 is 1.32 bits per heavy atom. The summed E-state index contributed by atoms with van der Waals surface area (Å²) in [6.07, 6.45) is 1.40. The molecule has 1 aromatic heterocycles. The first-order chi connectivity index (χ1) is 10.5. The minimum Gasteiger partial charge on any atom is -0.468 e. The average molecular weight is 302 g/mol. The van der Waals surface area contributed by atoms with Gasteiger partial charge in [-0.15, -0.1) is 0 Å². The van der Waals surface area contributed by atoms with E-state index in [0.717, 1.165) is 22.5 Å². The lowest BCUT2D eigenvalue weighted by molar-refractivity contribution is -0.168. The second kappa shape index (κ2) is 6.14. The lowest BCUT2D eigenvalue weighted by Gasteiger charge is -2.22. The van der Waals surface area contributed by atoms with E-state index in [1.165, 1.54) is 14.2 Å². The standard InChI is InChI=1S/C16H18N2O4/c1-10-13-9-16(14(19)21-2,15(20)22-3)8-11(13)7-12(18-10)5-4-6-17/h7H,4-5,8-9H2,1-3H3. The number of hydrogen-bond acceptors (Lipinski definition) is 6. The lowest BCUT2D eigenvalue weighted by Crippen LogP contribution is -2.42. The number of aromatic nitrogens is 1. The van der Waals surface area contributed by atoms with Crippen LogP contribution in [-0.2, 0) is 38.3 Å². The predicted octanol–water partition coefficient (Wildman–Crippen LogP) is 1.28. The highest BCUT2D eigenvalue weighted by Gasteiger charge is 2.53. The smallest absolute Gasteiger partial charge is 0.323 e. The zero-order valence-corrected chi connectivity index (χ0v) is 12.9. The van der Waals surface area contributed by atoms with Crippen molar-refractivity contribution in [2.45, 2.75) is 32.6 Å². The number of nitrogens with zero attached hydrogens (tertiary/aromatic N) is 2. The van der Waals surface area contributed by atoms with Crippen molar-refractivity contribution >= 4 is 11.9 Å². The molecule has 2 rings (SSSR count). The summed E-state index contributed by atoms with van der Waals surface area (Å²) in [5, 5.41) is 8.68. The Kier molecular flexibility index (Phi) is 4.45. The van der Waals surface area contributed by atoms with Crippen molar-refractivity contribution in [1.82, 2.24) is 4.98 Å². The molecule has 0 saturated carbocycles. The van der Waals surface area contributed by atoms with Crippen LogP contribution in [-0.4, -0.2) is 31.1 Å². The first-order valence-electron chi connectivity index (χ1n) is 7.00. The predicted molar refractivity (Wildman–Crippen MR) is 76.8 cm³/mol. The topological polar surface area (TPSA) is 89.3 Å². The largest absolute Gasteiger partial charge is 0.468 e. The third-order valence-electron chi connectivity index (χ3n) is 4.09. The van der Waals surface area contributed by atoms with Gasteiger partial charge in [-0.2, -0.15) is 5.26 Å². The summed E-state index contributed by atoms with van der Waals surface area (Å²) < 4.78 is 9.65. The Balaban J connectivity index is 2.42. The molecule has 22 heavy (non-hydrogen) atoms. The summed E-state index contributed by atoms with van der Waals surface area (Å²) in [6.45, 7) is 1.85. The third kappa shape index (κ3) is 2.54. The third-order valence-corrected chi connectivity index (χ3v) is 4.09. The van der Waals surface area contributed by atoms with Crippen LogP contribution in [0.4, 0.5) is 0 Å². The molecule has 1 heterocycles. The molecule has 116 valence electrons. The molecule has 0 atom stereocenters. The van der Waals surface area contributed by atoms with Crippen LogP contribution < -0.4 is 0 Å². The number of methoxy groups -OCH3 is 2. The molecule has 0 amide bonds. The van der Waals surface area contributed by atoms with Gasteiger partial charge in [-0.25, -0.2) is 0 Å². The molecule has 0 bridgehead atoms. The number of ether oxygens (including phenoxy) is 2. The Labute approximate surface area is 129 Å². The minimum absolute atomic E-state index is 0.235. The molecule has 0 fully saturated rings. The van der Waals surface area contributed by atoms with E-state index < -0.39 is 17.4 Å². The lowest BCUT2D eigenvalue weighted by atomic mass is 9.84. The molecule has 0 saturated heterocycles. The van der Waals surface area contributed by atoms with Crippen LogP contribution in [0.3, 0.4) is 0 Å². The number of nitriles is 1. The summed E-state index contributed by atoms with van der Waals surface area (Å²) in [5.41, 5.74) is 2.03. The highest BCUT2D eigenvalue weighted by atomic mass is 16.5. The normalized spacial score (nSPS) is 14.8. The number of hydrogen-bond donors (Lipinski definition) is 0. The summed E-state index contributed by atoms with van der Waals surface area (Å²) >= 11 is 0. The van der Waals surface area contributed by atoms with Crippen LogP contribution in [0.25, 0.3) is 0 Å². The second-order valence-corrected chi connectivity index (χ2v) is 5.41. The highest BCUT2D eigenvalue weighted by Crippen LogP contribution is 2.40. The maximum absolute atomic E-state index is 12.2. The van der Waals surface area contributed by atoms with Gasteiger partial charge in [0.15, 0.2) is 5.41 Å². The fraction of sp³-hybridized carbons (Fsp3) is 0.500. The van der Waals surface area contributed by atoms with Crippen molar-refractivity contribution in [2.75, 3.05) is 14.2 Å². The molecule has 1 aliphatic carbocycles. The van der Waals surface area contributed by atoms with E-state index in [9.17, 15) is 9.59 Å². The van der Waals surface area contributed by atoms with Crippen LogP contribution in [0.2, 0.25) is 0 Å². The van der Waals surface area contributed by atoms with Crippen molar-refractivity contribution in [3.63, 3.8) is 0 Å². The number of carbonyl (C=O) groups excluding carboxylic acids is 2. The number of esters is 2. The van der Waals surface area contributed by atoms with Crippen molar-refractivity contribution < 1.29 is 19.1 Å². The van der Waals surface area contributed by atoms with Gasteiger partial charge in [0, 0.05) is 30.7 Å². The maximum Gasteiger partial charge on any atom is 0.323 e. The maximum atomic E-state index is 12.2. The number of carbonyl (C=O) groups is 2. The van der Waals surface area contributed by atoms with E-state index in [1.54, 1.807) is 0 Å².